The van der Waals surface area contributed by atoms with Crippen LogP contribution in [-0.2, 0) is 13.0 Å². The van der Waals surface area contributed by atoms with Crippen LogP contribution in [0.5, 0.6) is 0 Å². The van der Waals surface area contributed by atoms with Crippen LogP contribution in [0.15, 0.2) is 42.5 Å². The van der Waals surface area contributed by atoms with Gasteiger partial charge in [-0.15, -0.1) is 0 Å². The molecule has 0 saturated carbocycles. The molecule has 0 spiro atoms. The maximum absolute atomic E-state index is 13.3. The van der Waals surface area contributed by atoms with Gasteiger partial charge in [0.05, 0.1) is 5.02 Å². The quantitative estimate of drug-likeness (QED) is 0.876. The highest BCUT2D eigenvalue weighted by atomic mass is 35.5. The minimum absolute atomic E-state index is 0.136. The monoisotopic (exact) mass is 279 g/mol. The van der Waals surface area contributed by atoms with Crippen LogP contribution in [0.2, 0.25) is 5.02 Å². The van der Waals surface area contributed by atoms with Gasteiger partial charge >= 0.3 is 0 Å². The highest BCUT2D eigenvalue weighted by molar-refractivity contribution is 6.30. The van der Waals surface area contributed by atoms with E-state index in [1.165, 1.54) is 6.07 Å². The van der Waals surface area contributed by atoms with Crippen molar-refractivity contribution in [1.29, 1.82) is 0 Å². The molecule has 2 N–H and O–H groups in total. The van der Waals surface area contributed by atoms with Crippen molar-refractivity contribution >= 4 is 17.3 Å². The minimum Gasteiger partial charge on any atom is -0.396 e. The van der Waals surface area contributed by atoms with Gasteiger partial charge < -0.3 is 10.4 Å². The fraction of sp³-hybridized carbons (Fsp3) is 0.200. The molecular formula is C15H15ClFNO. The largest absolute Gasteiger partial charge is 0.396 e. The number of hydrogen-bond donors (Lipinski definition) is 2. The molecule has 2 rings (SSSR count). The van der Waals surface area contributed by atoms with Crippen molar-refractivity contribution in [2.45, 2.75) is 13.0 Å². The highest BCUT2D eigenvalue weighted by Crippen LogP contribution is 2.17. The molecule has 2 aromatic rings. The number of benzene rings is 2. The Bertz CT molecular complexity index is 542. The molecular weight excluding hydrogens is 265 g/mol. The van der Waals surface area contributed by atoms with Crippen LogP contribution in [0.1, 0.15) is 11.1 Å². The van der Waals surface area contributed by atoms with Gasteiger partial charge in [-0.05, 0) is 41.8 Å². The van der Waals surface area contributed by atoms with Gasteiger partial charge in [0, 0.05) is 18.8 Å². The summed E-state index contributed by atoms with van der Waals surface area (Å²) in [7, 11) is 0. The van der Waals surface area contributed by atoms with Gasteiger partial charge in [0.2, 0.25) is 0 Å². The van der Waals surface area contributed by atoms with Crippen LogP contribution in [0, 0.1) is 5.82 Å². The first-order valence-electron chi connectivity index (χ1n) is 6.06. The summed E-state index contributed by atoms with van der Waals surface area (Å²) in [6.07, 6.45) is 0.655. The standard InChI is InChI=1S/C15H15ClFNO/c16-14-6-3-12(9-15(14)17)10-18-13-4-1-11(2-5-13)7-8-19/h1-6,9,18-19H,7-8,10H2. The van der Waals surface area contributed by atoms with Gasteiger partial charge in [-0.1, -0.05) is 29.8 Å². The lowest BCUT2D eigenvalue weighted by Crippen LogP contribution is -2.00. The second kappa shape index (κ2) is 6.55. The summed E-state index contributed by atoms with van der Waals surface area (Å²) in [5.41, 5.74) is 2.88. The molecule has 0 atom stereocenters. The zero-order valence-corrected chi connectivity index (χ0v) is 11.1. The second-order valence-corrected chi connectivity index (χ2v) is 4.68. The lowest BCUT2D eigenvalue weighted by atomic mass is 10.1. The topological polar surface area (TPSA) is 32.3 Å². The predicted octanol–water partition coefficient (Wildman–Crippen LogP) is 3.63. The number of nitrogens with one attached hydrogen (secondary N) is 1. The van der Waals surface area contributed by atoms with Crippen LogP contribution in [0.3, 0.4) is 0 Å². The summed E-state index contributed by atoms with van der Waals surface area (Å²) in [5.74, 6) is -0.403. The summed E-state index contributed by atoms with van der Waals surface area (Å²) < 4.78 is 13.3. The molecule has 0 saturated heterocycles. The van der Waals surface area contributed by atoms with Crippen LogP contribution in [0.25, 0.3) is 0 Å². The number of anilines is 1. The van der Waals surface area contributed by atoms with Crippen molar-refractivity contribution in [3.63, 3.8) is 0 Å². The summed E-state index contributed by atoms with van der Waals surface area (Å²) in [6.45, 7) is 0.685. The maximum atomic E-state index is 13.3. The lowest BCUT2D eigenvalue weighted by Gasteiger charge is -2.08. The normalized spacial score (nSPS) is 10.5. The Balaban J connectivity index is 1.96. The highest BCUT2D eigenvalue weighted by Gasteiger charge is 2.01. The van der Waals surface area contributed by atoms with Crippen molar-refractivity contribution in [3.8, 4) is 0 Å². The number of halogens is 2. The van der Waals surface area contributed by atoms with E-state index >= 15 is 0 Å². The molecule has 0 bridgehead atoms. The molecule has 2 aromatic carbocycles. The maximum Gasteiger partial charge on any atom is 0.142 e. The third-order valence-electron chi connectivity index (χ3n) is 2.84. The van der Waals surface area contributed by atoms with Crippen LogP contribution >= 0.6 is 11.6 Å². The Morgan fingerprint density at radius 3 is 2.37 bits per heavy atom. The summed E-state index contributed by atoms with van der Waals surface area (Å²) in [6, 6.07) is 12.6. The molecule has 0 aliphatic heterocycles. The number of hydrogen-bond acceptors (Lipinski definition) is 2. The van der Waals surface area contributed by atoms with Crippen molar-refractivity contribution in [3.05, 3.63) is 64.4 Å². The van der Waals surface area contributed by atoms with E-state index in [1.54, 1.807) is 12.1 Å². The molecule has 0 fully saturated rings. The molecule has 0 radical (unpaired) electrons. The fourth-order valence-electron chi connectivity index (χ4n) is 1.77. The smallest absolute Gasteiger partial charge is 0.142 e. The molecule has 0 aliphatic rings. The first kappa shape index (κ1) is 13.8. The summed E-state index contributed by atoms with van der Waals surface area (Å²) in [5, 5.41) is 12.2. The van der Waals surface area contributed by atoms with Crippen molar-refractivity contribution in [2.24, 2.45) is 0 Å². The van der Waals surface area contributed by atoms with E-state index in [0.29, 0.717) is 13.0 Å². The number of aliphatic hydroxyl groups is 1. The Hall–Kier alpha value is -1.58. The number of aliphatic hydroxyl groups excluding tert-OH is 1. The van der Waals surface area contributed by atoms with Gasteiger partial charge in [0.15, 0.2) is 0 Å². The Labute approximate surface area is 116 Å². The molecule has 0 unspecified atom stereocenters. The molecule has 0 aromatic heterocycles. The van der Waals surface area contributed by atoms with Gasteiger partial charge in [-0.25, -0.2) is 4.39 Å². The van der Waals surface area contributed by atoms with Crippen LogP contribution in [-0.4, -0.2) is 11.7 Å². The van der Waals surface area contributed by atoms with E-state index in [1.807, 2.05) is 24.3 Å². The molecule has 19 heavy (non-hydrogen) atoms. The van der Waals surface area contributed by atoms with Crippen LogP contribution < -0.4 is 5.32 Å². The Morgan fingerprint density at radius 2 is 1.74 bits per heavy atom. The molecule has 2 nitrogen and oxygen atoms in total. The van der Waals surface area contributed by atoms with E-state index < -0.39 is 5.82 Å². The van der Waals surface area contributed by atoms with E-state index in [-0.39, 0.29) is 11.6 Å². The van der Waals surface area contributed by atoms with Gasteiger partial charge in [-0.2, -0.15) is 0 Å². The lowest BCUT2D eigenvalue weighted by molar-refractivity contribution is 0.299. The first-order chi connectivity index (χ1) is 9.19. The molecule has 100 valence electrons. The second-order valence-electron chi connectivity index (χ2n) is 4.27. The summed E-state index contributed by atoms with van der Waals surface area (Å²) in [4.78, 5) is 0. The first-order valence-corrected chi connectivity index (χ1v) is 6.44. The van der Waals surface area contributed by atoms with E-state index in [9.17, 15) is 4.39 Å². The predicted molar refractivity (Wildman–Crippen MR) is 76.0 cm³/mol. The fourth-order valence-corrected chi connectivity index (χ4v) is 1.89. The molecule has 0 amide bonds. The summed E-state index contributed by atoms with van der Waals surface area (Å²) >= 11 is 5.63. The van der Waals surface area contributed by atoms with Gasteiger partial charge in [0.25, 0.3) is 0 Å². The van der Waals surface area contributed by atoms with Crippen molar-refractivity contribution in [1.82, 2.24) is 0 Å². The van der Waals surface area contributed by atoms with Gasteiger partial charge in [0.1, 0.15) is 5.82 Å². The van der Waals surface area contributed by atoms with Gasteiger partial charge in [-0.3, -0.25) is 0 Å². The van der Waals surface area contributed by atoms with Crippen molar-refractivity contribution in [2.75, 3.05) is 11.9 Å². The van der Waals surface area contributed by atoms with Crippen LogP contribution in [0.4, 0.5) is 10.1 Å². The zero-order valence-electron chi connectivity index (χ0n) is 10.4. The van der Waals surface area contributed by atoms with E-state index in [4.69, 9.17) is 16.7 Å². The third-order valence-corrected chi connectivity index (χ3v) is 3.14. The average Bonchev–Trinajstić information content (AvgIpc) is 2.42. The van der Waals surface area contributed by atoms with E-state index in [0.717, 1.165) is 16.8 Å². The Morgan fingerprint density at radius 1 is 1.05 bits per heavy atom. The average molecular weight is 280 g/mol. The molecule has 0 heterocycles. The zero-order chi connectivity index (χ0) is 13.7. The Kier molecular flexibility index (Phi) is 4.77. The van der Waals surface area contributed by atoms with E-state index in [2.05, 4.69) is 5.32 Å². The molecule has 0 aliphatic carbocycles. The SMILES string of the molecule is OCCc1ccc(NCc2ccc(Cl)c(F)c2)cc1. The van der Waals surface area contributed by atoms with Crippen molar-refractivity contribution < 1.29 is 9.50 Å². The third kappa shape index (κ3) is 3.94. The number of rotatable bonds is 5. The molecule has 4 heteroatoms. The minimum atomic E-state index is -0.403.